The third-order valence-electron chi connectivity index (χ3n) is 17.2. The number of fused-ring (bicyclic) bond motifs is 7. The first-order chi connectivity index (χ1) is 23.0. The largest absolute Gasteiger partial charge is 0.462 e. The molecule has 5 fully saturated rings. The van der Waals surface area contributed by atoms with Crippen LogP contribution in [0, 0.1) is 62.6 Å². The predicted molar refractivity (Wildman–Crippen MR) is 206 cm³/mol. The molecule has 3 nitrogen and oxygen atoms in total. The highest BCUT2D eigenvalue weighted by molar-refractivity contribution is 5.69. The summed E-state index contributed by atoms with van der Waals surface area (Å²) in [6.07, 6.45) is 25.3. The van der Waals surface area contributed by atoms with E-state index in [0.717, 1.165) is 44.4 Å². The molecule has 5 saturated carbocycles. The van der Waals surface area contributed by atoms with Crippen LogP contribution in [-0.4, -0.2) is 23.3 Å². The fourth-order valence-electron chi connectivity index (χ4n) is 14.2. The molecule has 0 bridgehead atoms. The van der Waals surface area contributed by atoms with Crippen LogP contribution in [0.15, 0.2) is 12.2 Å². The predicted octanol–water partition coefficient (Wildman–Crippen LogP) is 12.9. The number of carbonyl (C=O) groups is 1. The molecule has 0 aromatic rings. The average molecular weight is 681 g/mol. The summed E-state index contributed by atoms with van der Waals surface area (Å²) in [4.78, 5) is 13.2. The highest BCUT2D eigenvalue weighted by Gasteiger charge is 2.72. The van der Waals surface area contributed by atoms with Gasteiger partial charge in [0.1, 0.15) is 6.10 Å². The maximum Gasteiger partial charge on any atom is 0.306 e. The van der Waals surface area contributed by atoms with Crippen LogP contribution in [0.2, 0.25) is 0 Å². The summed E-state index contributed by atoms with van der Waals surface area (Å²) in [6.45, 7) is 26.6. The van der Waals surface area contributed by atoms with Crippen molar-refractivity contribution in [2.45, 2.75) is 209 Å². The SMILES string of the molecule is C=C(C)C1CCC2(C)C(O)CC3(C)C(CCC4C5(C)CCC(OC(=O)CCCCCCCCCCCCC(C)C)C(C)(C)C5CCC43C)C12. The molecule has 0 aliphatic heterocycles. The second kappa shape index (κ2) is 15.3. The molecular weight excluding hydrogens is 601 g/mol. The van der Waals surface area contributed by atoms with E-state index >= 15 is 0 Å². The van der Waals surface area contributed by atoms with Crippen LogP contribution in [0.25, 0.3) is 0 Å². The molecular formula is C46H80O3. The summed E-state index contributed by atoms with van der Waals surface area (Å²) in [5.74, 6) is 3.89. The lowest BCUT2D eigenvalue weighted by molar-refractivity contribution is -0.262. The number of ether oxygens (including phenoxy) is 1. The molecule has 0 radical (unpaired) electrons. The van der Waals surface area contributed by atoms with Crippen LogP contribution >= 0.6 is 0 Å². The number of hydrogen-bond donors (Lipinski definition) is 1. The number of unbranched alkanes of at least 4 members (excludes halogenated alkanes) is 9. The molecule has 5 aliphatic rings. The Hall–Kier alpha value is -0.830. The molecule has 1 N–H and O–H groups in total. The van der Waals surface area contributed by atoms with E-state index in [1.807, 2.05) is 0 Å². The molecule has 5 aliphatic carbocycles. The van der Waals surface area contributed by atoms with Gasteiger partial charge in [0.2, 0.25) is 0 Å². The van der Waals surface area contributed by atoms with Gasteiger partial charge in [-0.3, -0.25) is 4.79 Å². The zero-order valence-electron chi connectivity index (χ0n) is 33.9. The van der Waals surface area contributed by atoms with E-state index in [1.165, 1.54) is 95.5 Å². The van der Waals surface area contributed by atoms with Gasteiger partial charge in [-0.1, -0.05) is 132 Å². The van der Waals surface area contributed by atoms with Gasteiger partial charge in [-0.25, -0.2) is 0 Å². The van der Waals surface area contributed by atoms with Crippen molar-refractivity contribution in [3.8, 4) is 0 Å². The van der Waals surface area contributed by atoms with Gasteiger partial charge in [0, 0.05) is 11.8 Å². The Labute approximate surface area is 304 Å². The molecule has 5 rings (SSSR count). The van der Waals surface area contributed by atoms with Crippen molar-refractivity contribution in [1.82, 2.24) is 0 Å². The van der Waals surface area contributed by atoms with Crippen molar-refractivity contribution in [2.75, 3.05) is 0 Å². The Kier molecular flexibility index (Phi) is 12.3. The monoisotopic (exact) mass is 681 g/mol. The molecule has 49 heavy (non-hydrogen) atoms. The second-order valence-corrected chi connectivity index (χ2v) is 20.7. The van der Waals surface area contributed by atoms with Gasteiger partial charge in [-0.2, -0.15) is 0 Å². The van der Waals surface area contributed by atoms with Crippen LogP contribution in [0.1, 0.15) is 197 Å². The molecule has 11 unspecified atom stereocenters. The Bertz CT molecular complexity index is 1140. The fraction of sp³-hybridized carbons (Fsp3) is 0.935. The first-order valence-corrected chi connectivity index (χ1v) is 21.6. The highest BCUT2D eigenvalue weighted by atomic mass is 16.5. The first kappa shape index (κ1) is 39.4. The minimum atomic E-state index is -0.218. The summed E-state index contributed by atoms with van der Waals surface area (Å²) in [5, 5.41) is 11.9. The number of aliphatic hydroxyl groups is 1. The molecule has 0 heterocycles. The molecule has 0 aromatic carbocycles. The van der Waals surface area contributed by atoms with Crippen molar-refractivity contribution < 1.29 is 14.6 Å². The van der Waals surface area contributed by atoms with Crippen molar-refractivity contribution in [3.05, 3.63) is 12.2 Å². The van der Waals surface area contributed by atoms with E-state index in [2.05, 4.69) is 68.9 Å². The van der Waals surface area contributed by atoms with Gasteiger partial charge < -0.3 is 9.84 Å². The van der Waals surface area contributed by atoms with Crippen molar-refractivity contribution in [1.29, 1.82) is 0 Å². The quantitative estimate of drug-likeness (QED) is 0.106. The van der Waals surface area contributed by atoms with Crippen LogP contribution < -0.4 is 0 Å². The zero-order valence-corrected chi connectivity index (χ0v) is 33.9. The smallest absolute Gasteiger partial charge is 0.306 e. The van der Waals surface area contributed by atoms with Gasteiger partial charge in [-0.15, -0.1) is 0 Å². The number of rotatable bonds is 15. The number of esters is 1. The fourth-order valence-corrected chi connectivity index (χ4v) is 14.2. The molecule has 0 saturated heterocycles. The van der Waals surface area contributed by atoms with Gasteiger partial charge in [-0.05, 0) is 128 Å². The minimum absolute atomic E-state index is 0.0162. The first-order valence-electron chi connectivity index (χ1n) is 21.6. The normalized spacial score (nSPS) is 42.6. The Morgan fingerprint density at radius 2 is 1.33 bits per heavy atom. The number of allylic oxidation sites excluding steroid dienone is 1. The van der Waals surface area contributed by atoms with E-state index in [-0.39, 0.29) is 45.3 Å². The molecule has 282 valence electrons. The lowest BCUT2D eigenvalue weighted by atomic mass is 9.32. The number of carbonyl (C=O) groups excluding carboxylic acids is 1. The van der Waals surface area contributed by atoms with E-state index in [0.29, 0.717) is 36.0 Å². The van der Waals surface area contributed by atoms with Crippen LogP contribution in [0.3, 0.4) is 0 Å². The molecule has 3 heteroatoms. The van der Waals surface area contributed by atoms with E-state index in [9.17, 15) is 9.90 Å². The lowest BCUT2D eigenvalue weighted by Crippen LogP contribution is -2.68. The highest BCUT2D eigenvalue weighted by Crippen LogP contribution is 2.77. The van der Waals surface area contributed by atoms with Crippen molar-refractivity contribution in [2.24, 2.45) is 62.6 Å². The van der Waals surface area contributed by atoms with Crippen molar-refractivity contribution >= 4 is 5.97 Å². The van der Waals surface area contributed by atoms with Gasteiger partial charge in [0.15, 0.2) is 0 Å². The summed E-state index contributed by atoms with van der Waals surface area (Å²) < 4.78 is 6.40. The minimum Gasteiger partial charge on any atom is -0.462 e. The van der Waals surface area contributed by atoms with Crippen LogP contribution in [-0.2, 0) is 9.53 Å². The standard InChI is InChI=1S/C46H80O3/c1-32(2)21-19-17-15-13-11-12-14-16-18-20-22-40(48)49-39-27-29-43(7)36(42(39,5)6)26-30-45(9)37(43)24-23-35-41-34(33(3)4)25-28-44(41,8)38(47)31-46(35,45)10/h32,34-39,41,47H,3,11-31H2,1-2,4-10H3. The van der Waals surface area contributed by atoms with Crippen LogP contribution in [0.4, 0.5) is 0 Å². The molecule has 0 spiro atoms. The number of hydrogen-bond acceptors (Lipinski definition) is 3. The summed E-state index contributed by atoms with van der Waals surface area (Å²) in [5.41, 5.74) is 1.98. The summed E-state index contributed by atoms with van der Waals surface area (Å²) in [6, 6.07) is 0. The maximum absolute atomic E-state index is 13.2. The Morgan fingerprint density at radius 3 is 1.94 bits per heavy atom. The zero-order chi connectivity index (χ0) is 35.8. The summed E-state index contributed by atoms with van der Waals surface area (Å²) in [7, 11) is 0. The van der Waals surface area contributed by atoms with Crippen molar-refractivity contribution in [3.63, 3.8) is 0 Å². The summed E-state index contributed by atoms with van der Waals surface area (Å²) >= 11 is 0. The second-order valence-electron chi connectivity index (χ2n) is 20.7. The maximum atomic E-state index is 13.2. The van der Waals surface area contributed by atoms with Gasteiger partial charge in [0.05, 0.1) is 6.10 Å². The van der Waals surface area contributed by atoms with Gasteiger partial charge in [0.25, 0.3) is 0 Å². The third kappa shape index (κ3) is 7.26. The molecule has 0 amide bonds. The van der Waals surface area contributed by atoms with E-state index in [4.69, 9.17) is 4.74 Å². The van der Waals surface area contributed by atoms with Crippen LogP contribution in [0.5, 0.6) is 0 Å². The van der Waals surface area contributed by atoms with Gasteiger partial charge >= 0.3 is 5.97 Å². The Balaban J connectivity index is 1.13. The average Bonchev–Trinajstić information content (AvgIpc) is 3.38. The topological polar surface area (TPSA) is 46.5 Å². The van der Waals surface area contributed by atoms with E-state index < -0.39 is 0 Å². The molecule has 0 aromatic heterocycles. The van der Waals surface area contributed by atoms with E-state index in [1.54, 1.807) is 0 Å². The number of aliphatic hydroxyl groups excluding tert-OH is 1. The third-order valence-corrected chi connectivity index (χ3v) is 17.2. The lowest BCUT2D eigenvalue weighted by Gasteiger charge is -2.73. The molecule has 11 atom stereocenters. The Morgan fingerprint density at radius 1 is 0.735 bits per heavy atom.